The van der Waals surface area contributed by atoms with E-state index in [0.717, 1.165) is 0 Å². The van der Waals surface area contributed by atoms with Crippen LogP contribution >= 0.6 is 0 Å². The van der Waals surface area contributed by atoms with Crippen LogP contribution in [0.4, 0.5) is 10.5 Å². The number of non-ortho nitro benzene ring substituents is 1. The van der Waals surface area contributed by atoms with Gasteiger partial charge in [-0.3, -0.25) is 15.0 Å². The van der Waals surface area contributed by atoms with Crippen LogP contribution in [-0.4, -0.2) is 76.6 Å². The van der Waals surface area contributed by atoms with Gasteiger partial charge in [0.25, 0.3) is 5.69 Å². The zero-order valence-electron chi connectivity index (χ0n) is 16.3. The van der Waals surface area contributed by atoms with E-state index in [2.05, 4.69) is 11.0 Å². The average molecular weight is 389 g/mol. The summed E-state index contributed by atoms with van der Waals surface area (Å²) in [7, 11) is 0. The van der Waals surface area contributed by atoms with E-state index in [4.69, 9.17) is 0 Å². The van der Waals surface area contributed by atoms with Gasteiger partial charge in [0.2, 0.25) is 0 Å². The van der Waals surface area contributed by atoms with Crippen molar-refractivity contribution in [3.05, 3.63) is 39.9 Å². The molecule has 1 aliphatic heterocycles. The summed E-state index contributed by atoms with van der Waals surface area (Å²) in [5, 5.41) is 30.8. The maximum absolute atomic E-state index is 12.4. The lowest BCUT2D eigenvalue weighted by Gasteiger charge is -2.38. The highest BCUT2D eigenvalue weighted by Gasteiger charge is 2.28. The molecule has 1 aromatic rings. The molecule has 2 amide bonds. The number of nitrogens with zero attached hydrogens (tertiary/aromatic N) is 5. The van der Waals surface area contributed by atoms with Gasteiger partial charge in [0.05, 0.1) is 23.0 Å². The summed E-state index contributed by atoms with van der Waals surface area (Å²) in [6.07, 6.45) is -1.03. The number of aliphatic hydroxyl groups is 1. The van der Waals surface area contributed by atoms with Crippen molar-refractivity contribution in [1.82, 2.24) is 14.7 Å². The van der Waals surface area contributed by atoms with Crippen LogP contribution < -0.4 is 0 Å². The normalized spacial score (nSPS) is 16.9. The lowest BCUT2D eigenvalue weighted by Crippen LogP contribution is -2.53. The van der Waals surface area contributed by atoms with Crippen molar-refractivity contribution < 1.29 is 14.8 Å². The van der Waals surface area contributed by atoms with E-state index in [1.165, 1.54) is 24.3 Å². The first kappa shape index (κ1) is 21.6. The molecule has 1 fully saturated rings. The predicted molar refractivity (Wildman–Crippen MR) is 103 cm³/mol. The molecule has 152 valence electrons. The topological polar surface area (TPSA) is 114 Å². The fourth-order valence-electron chi connectivity index (χ4n) is 3.33. The second kappa shape index (κ2) is 10.0. The molecule has 0 saturated carbocycles. The third-order valence-corrected chi connectivity index (χ3v) is 5.12. The summed E-state index contributed by atoms with van der Waals surface area (Å²) in [6.45, 7) is 8.07. The Kier molecular flexibility index (Phi) is 7.72. The first-order valence-electron chi connectivity index (χ1n) is 9.49. The van der Waals surface area contributed by atoms with Gasteiger partial charge in [-0.2, -0.15) is 5.26 Å². The van der Waals surface area contributed by atoms with Gasteiger partial charge in [-0.25, -0.2) is 4.79 Å². The molecule has 1 aliphatic rings. The van der Waals surface area contributed by atoms with E-state index in [0.29, 0.717) is 51.4 Å². The van der Waals surface area contributed by atoms with Crippen LogP contribution in [0.25, 0.3) is 0 Å². The zero-order valence-corrected chi connectivity index (χ0v) is 16.3. The highest BCUT2D eigenvalue weighted by atomic mass is 16.6. The predicted octanol–water partition coefficient (Wildman–Crippen LogP) is 1.85. The van der Waals surface area contributed by atoms with E-state index in [1.807, 2.05) is 18.7 Å². The van der Waals surface area contributed by atoms with Crippen molar-refractivity contribution in [2.24, 2.45) is 5.92 Å². The lowest BCUT2D eigenvalue weighted by atomic mass is 9.96. The summed E-state index contributed by atoms with van der Waals surface area (Å²) in [6, 6.07) is 7.78. The first-order valence-corrected chi connectivity index (χ1v) is 9.49. The smallest absolute Gasteiger partial charge is 0.320 e. The maximum atomic E-state index is 12.4. The van der Waals surface area contributed by atoms with E-state index in [-0.39, 0.29) is 11.7 Å². The van der Waals surface area contributed by atoms with Crippen molar-refractivity contribution >= 4 is 11.7 Å². The van der Waals surface area contributed by atoms with Crippen molar-refractivity contribution in [2.75, 3.05) is 45.8 Å². The minimum absolute atomic E-state index is 0.0346. The SMILES string of the molecule is CCN(CC)C(=O)N1CCN(CC(C#N)C(O)c2ccc([N+](=O)[O-])cc2)CC1. The van der Waals surface area contributed by atoms with Gasteiger partial charge in [0, 0.05) is 57.9 Å². The fourth-order valence-corrected chi connectivity index (χ4v) is 3.33. The highest BCUT2D eigenvalue weighted by molar-refractivity contribution is 5.74. The third-order valence-electron chi connectivity index (χ3n) is 5.12. The van der Waals surface area contributed by atoms with E-state index in [9.17, 15) is 25.3 Å². The second-order valence-electron chi connectivity index (χ2n) is 6.77. The number of benzene rings is 1. The number of nitro benzene ring substituents is 1. The maximum Gasteiger partial charge on any atom is 0.320 e. The number of aliphatic hydroxyl groups excluding tert-OH is 1. The third kappa shape index (κ3) is 5.18. The summed E-state index contributed by atoms with van der Waals surface area (Å²) in [5.74, 6) is -0.661. The van der Waals surface area contributed by atoms with Gasteiger partial charge in [0.15, 0.2) is 0 Å². The fraction of sp³-hybridized carbons (Fsp3) is 0.579. The summed E-state index contributed by atoms with van der Waals surface area (Å²) in [5.41, 5.74) is 0.422. The monoisotopic (exact) mass is 389 g/mol. The minimum Gasteiger partial charge on any atom is -0.387 e. The Balaban J connectivity index is 1.92. The number of carbonyl (C=O) groups is 1. The summed E-state index contributed by atoms with van der Waals surface area (Å²) in [4.78, 5) is 28.3. The molecule has 1 saturated heterocycles. The quantitative estimate of drug-likeness (QED) is 0.562. The molecule has 0 aliphatic carbocycles. The molecule has 0 bridgehead atoms. The minimum atomic E-state index is -1.03. The van der Waals surface area contributed by atoms with Crippen molar-refractivity contribution in [1.29, 1.82) is 5.26 Å². The van der Waals surface area contributed by atoms with Crippen molar-refractivity contribution in [3.8, 4) is 6.07 Å². The van der Waals surface area contributed by atoms with E-state index >= 15 is 0 Å². The number of carbonyl (C=O) groups excluding carboxylic acids is 1. The van der Waals surface area contributed by atoms with Crippen molar-refractivity contribution in [2.45, 2.75) is 20.0 Å². The number of nitriles is 1. The Morgan fingerprint density at radius 2 is 1.82 bits per heavy atom. The molecule has 1 aromatic carbocycles. The molecule has 2 atom stereocenters. The van der Waals surface area contributed by atoms with Gasteiger partial charge in [-0.1, -0.05) is 0 Å². The number of rotatable bonds is 7. The molecule has 9 heteroatoms. The molecule has 1 heterocycles. The van der Waals surface area contributed by atoms with Crippen LogP contribution in [0.15, 0.2) is 24.3 Å². The van der Waals surface area contributed by atoms with E-state index < -0.39 is 16.9 Å². The van der Waals surface area contributed by atoms with Gasteiger partial charge in [0.1, 0.15) is 0 Å². The zero-order chi connectivity index (χ0) is 20.7. The van der Waals surface area contributed by atoms with Crippen LogP contribution in [-0.2, 0) is 0 Å². The Bertz CT molecular complexity index is 706. The molecule has 1 N–H and O–H groups in total. The molecule has 2 unspecified atom stereocenters. The number of urea groups is 1. The van der Waals surface area contributed by atoms with Gasteiger partial charge in [-0.05, 0) is 31.5 Å². The first-order chi connectivity index (χ1) is 13.4. The average Bonchev–Trinajstić information content (AvgIpc) is 2.72. The standard InChI is InChI=1S/C19H27N5O4/c1-3-22(4-2)19(26)23-11-9-21(10-12-23)14-16(13-20)18(25)15-5-7-17(8-6-15)24(27)28/h5-8,16,18,25H,3-4,9-12,14H2,1-2H3. The van der Waals surface area contributed by atoms with Gasteiger partial charge < -0.3 is 14.9 Å². The molecular weight excluding hydrogens is 362 g/mol. The molecule has 0 aromatic heterocycles. The van der Waals surface area contributed by atoms with Crippen LogP contribution in [0.2, 0.25) is 0 Å². The Morgan fingerprint density at radius 3 is 2.29 bits per heavy atom. The van der Waals surface area contributed by atoms with Crippen LogP contribution in [0.1, 0.15) is 25.5 Å². The number of amides is 2. The summed E-state index contributed by atoms with van der Waals surface area (Å²) < 4.78 is 0. The molecule has 0 radical (unpaired) electrons. The number of nitro groups is 1. The van der Waals surface area contributed by atoms with Crippen LogP contribution in [0.5, 0.6) is 0 Å². The molecule has 9 nitrogen and oxygen atoms in total. The Morgan fingerprint density at radius 1 is 1.25 bits per heavy atom. The molecule has 0 spiro atoms. The van der Waals surface area contributed by atoms with Crippen LogP contribution in [0, 0.1) is 27.4 Å². The second-order valence-corrected chi connectivity index (χ2v) is 6.77. The number of piperazine rings is 1. The van der Waals surface area contributed by atoms with Gasteiger partial charge >= 0.3 is 6.03 Å². The van der Waals surface area contributed by atoms with Crippen LogP contribution in [0.3, 0.4) is 0 Å². The largest absolute Gasteiger partial charge is 0.387 e. The Labute approximate surface area is 164 Å². The van der Waals surface area contributed by atoms with Crippen molar-refractivity contribution in [3.63, 3.8) is 0 Å². The summed E-state index contributed by atoms with van der Waals surface area (Å²) >= 11 is 0. The highest BCUT2D eigenvalue weighted by Crippen LogP contribution is 2.25. The lowest BCUT2D eigenvalue weighted by molar-refractivity contribution is -0.384. The van der Waals surface area contributed by atoms with Gasteiger partial charge in [-0.15, -0.1) is 0 Å². The number of hydrogen-bond acceptors (Lipinski definition) is 6. The molecule has 2 rings (SSSR count). The molecule has 28 heavy (non-hydrogen) atoms. The molecular formula is C19H27N5O4. The van der Waals surface area contributed by atoms with E-state index in [1.54, 1.807) is 4.90 Å². The number of hydrogen-bond donors (Lipinski definition) is 1. The Hall–Kier alpha value is -2.70.